The number of hydrogen-bond donors (Lipinski definition) is 2. The summed E-state index contributed by atoms with van der Waals surface area (Å²) in [5.74, 6) is 1.25. The topological polar surface area (TPSA) is 55.1 Å². The van der Waals surface area contributed by atoms with E-state index in [1.54, 1.807) is 11.8 Å². The van der Waals surface area contributed by atoms with Crippen molar-refractivity contribution in [1.82, 2.24) is 0 Å². The number of amides is 1. The summed E-state index contributed by atoms with van der Waals surface area (Å²) in [4.78, 5) is 12.6. The van der Waals surface area contributed by atoms with Gasteiger partial charge in [-0.3, -0.25) is 4.79 Å². The zero-order valence-corrected chi connectivity index (χ0v) is 11.1. The first-order chi connectivity index (χ1) is 8.72. The maximum Gasteiger partial charge on any atom is 0.234 e. The van der Waals surface area contributed by atoms with Gasteiger partial charge in [-0.1, -0.05) is 6.07 Å². The number of hydrogen-bond acceptors (Lipinski definition) is 3. The van der Waals surface area contributed by atoms with Crippen LogP contribution in [-0.4, -0.2) is 17.7 Å². The van der Waals surface area contributed by atoms with E-state index in [-0.39, 0.29) is 5.91 Å². The van der Waals surface area contributed by atoms with Crippen molar-refractivity contribution < 1.29 is 4.79 Å². The predicted molar refractivity (Wildman–Crippen MR) is 75.0 cm³/mol. The number of carbonyl (C=O) groups is 1. The molecule has 4 heteroatoms. The molecular formula is C14H18N2OS. The fourth-order valence-electron chi connectivity index (χ4n) is 2.81. The van der Waals surface area contributed by atoms with E-state index < -0.39 is 0 Å². The Balaban J connectivity index is 1.81. The molecule has 3 rings (SSSR count). The van der Waals surface area contributed by atoms with Crippen molar-refractivity contribution in [3.8, 4) is 0 Å². The van der Waals surface area contributed by atoms with Crippen LogP contribution in [0.5, 0.6) is 0 Å². The molecule has 1 aliphatic carbocycles. The molecule has 1 aliphatic heterocycles. The molecule has 0 bridgehead atoms. The molecule has 3 N–H and O–H groups in total. The summed E-state index contributed by atoms with van der Waals surface area (Å²) in [5, 5.41) is 2.96. The van der Waals surface area contributed by atoms with Crippen molar-refractivity contribution >= 4 is 23.4 Å². The summed E-state index contributed by atoms with van der Waals surface area (Å²) in [6, 6.07) is 6.89. The fraction of sp³-hybridized carbons (Fsp3) is 0.500. The van der Waals surface area contributed by atoms with E-state index in [1.165, 1.54) is 23.3 Å². The number of anilines is 1. The molecule has 96 valence electrons. The highest BCUT2D eigenvalue weighted by Gasteiger charge is 2.22. The molecule has 0 radical (unpaired) electrons. The average Bonchev–Trinajstić information content (AvgIpc) is 2.38. The largest absolute Gasteiger partial charge is 0.328 e. The molecule has 1 saturated carbocycles. The molecule has 0 unspecified atom stereocenters. The summed E-state index contributed by atoms with van der Waals surface area (Å²) in [7, 11) is 0. The maximum absolute atomic E-state index is 11.4. The zero-order valence-electron chi connectivity index (χ0n) is 10.3. The Labute approximate surface area is 112 Å². The van der Waals surface area contributed by atoms with Crippen molar-refractivity contribution in [2.75, 3.05) is 11.1 Å². The number of carbonyl (C=O) groups excluding carboxylic acids is 1. The molecule has 0 spiro atoms. The van der Waals surface area contributed by atoms with Crippen molar-refractivity contribution in [3.63, 3.8) is 0 Å². The molecule has 1 heterocycles. The van der Waals surface area contributed by atoms with E-state index in [2.05, 4.69) is 23.5 Å². The zero-order chi connectivity index (χ0) is 12.5. The van der Waals surface area contributed by atoms with Gasteiger partial charge in [0.05, 0.1) is 11.4 Å². The fourth-order valence-corrected chi connectivity index (χ4v) is 3.60. The number of thioether (sulfide) groups is 1. The Bertz CT molecular complexity index is 467. The summed E-state index contributed by atoms with van der Waals surface area (Å²) in [5.41, 5.74) is 8.28. The lowest BCUT2D eigenvalue weighted by Gasteiger charge is -2.27. The second kappa shape index (κ2) is 4.94. The van der Waals surface area contributed by atoms with E-state index >= 15 is 0 Å². The monoisotopic (exact) mass is 262 g/mol. The van der Waals surface area contributed by atoms with Gasteiger partial charge in [-0.25, -0.2) is 0 Å². The Hall–Kier alpha value is -1.000. The van der Waals surface area contributed by atoms with Crippen LogP contribution in [0.15, 0.2) is 23.1 Å². The first kappa shape index (κ1) is 12.1. The van der Waals surface area contributed by atoms with Gasteiger partial charge >= 0.3 is 0 Å². The van der Waals surface area contributed by atoms with Crippen LogP contribution in [0.1, 0.15) is 37.2 Å². The summed E-state index contributed by atoms with van der Waals surface area (Å²) in [6.45, 7) is 0. The molecule has 0 aromatic heterocycles. The Kier molecular flexibility index (Phi) is 3.31. The molecule has 1 aromatic rings. The highest BCUT2D eigenvalue weighted by atomic mass is 32.2. The van der Waals surface area contributed by atoms with Crippen molar-refractivity contribution in [2.45, 2.75) is 42.5 Å². The van der Waals surface area contributed by atoms with Crippen molar-refractivity contribution in [1.29, 1.82) is 0 Å². The van der Waals surface area contributed by atoms with E-state index in [9.17, 15) is 4.79 Å². The molecule has 1 fully saturated rings. The SMILES string of the molecule is NC1CCC(c2ccc3c(c2)NC(=O)CS3)CC1. The van der Waals surface area contributed by atoms with Gasteiger partial charge in [0.25, 0.3) is 0 Å². The van der Waals surface area contributed by atoms with Gasteiger partial charge in [0.1, 0.15) is 0 Å². The Morgan fingerprint density at radius 2 is 2.00 bits per heavy atom. The van der Waals surface area contributed by atoms with E-state index in [1.807, 2.05) is 0 Å². The van der Waals surface area contributed by atoms with E-state index in [4.69, 9.17) is 5.73 Å². The first-order valence-electron chi connectivity index (χ1n) is 6.54. The highest BCUT2D eigenvalue weighted by Crippen LogP contribution is 2.37. The second-order valence-corrected chi connectivity index (χ2v) is 6.22. The van der Waals surface area contributed by atoms with Gasteiger partial charge in [0.2, 0.25) is 5.91 Å². The third-order valence-electron chi connectivity index (χ3n) is 3.88. The van der Waals surface area contributed by atoms with Gasteiger partial charge in [0, 0.05) is 10.9 Å². The minimum Gasteiger partial charge on any atom is -0.328 e. The van der Waals surface area contributed by atoms with Crippen LogP contribution in [0.4, 0.5) is 5.69 Å². The predicted octanol–water partition coefficient (Wildman–Crippen LogP) is 2.72. The highest BCUT2D eigenvalue weighted by molar-refractivity contribution is 8.00. The number of rotatable bonds is 1. The van der Waals surface area contributed by atoms with Crippen LogP contribution in [0.25, 0.3) is 0 Å². The van der Waals surface area contributed by atoms with Crippen molar-refractivity contribution in [2.24, 2.45) is 5.73 Å². The number of nitrogens with one attached hydrogen (secondary N) is 1. The Morgan fingerprint density at radius 1 is 1.22 bits per heavy atom. The van der Waals surface area contributed by atoms with Crippen molar-refractivity contribution in [3.05, 3.63) is 23.8 Å². The lowest BCUT2D eigenvalue weighted by molar-refractivity contribution is -0.113. The number of benzene rings is 1. The van der Waals surface area contributed by atoms with Crippen LogP contribution >= 0.6 is 11.8 Å². The standard InChI is InChI=1S/C14H18N2OS/c15-11-4-1-9(2-5-11)10-3-6-13-12(7-10)16-14(17)8-18-13/h3,6-7,9,11H,1-2,4-5,8,15H2,(H,16,17). The summed E-state index contributed by atoms with van der Waals surface area (Å²) >= 11 is 1.62. The van der Waals surface area contributed by atoms with Gasteiger partial charge in [-0.15, -0.1) is 11.8 Å². The number of fused-ring (bicyclic) bond motifs is 1. The summed E-state index contributed by atoms with van der Waals surface area (Å²) in [6.07, 6.45) is 4.56. The van der Waals surface area contributed by atoms with Crippen LogP contribution in [0, 0.1) is 0 Å². The minimum atomic E-state index is 0.107. The van der Waals surface area contributed by atoms with E-state index in [0.29, 0.717) is 17.7 Å². The molecule has 1 amide bonds. The molecule has 3 nitrogen and oxygen atoms in total. The van der Waals surface area contributed by atoms with Gasteiger partial charge in [-0.05, 0) is 49.3 Å². The van der Waals surface area contributed by atoms with Crippen LogP contribution < -0.4 is 11.1 Å². The van der Waals surface area contributed by atoms with Crippen LogP contribution in [0.2, 0.25) is 0 Å². The number of nitrogens with two attached hydrogens (primary N) is 1. The molecule has 1 aromatic carbocycles. The quantitative estimate of drug-likeness (QED) is 0.818. The third-order valence-corrected chi connectivity index (χ3v) is 4.95. The molecule has 2 aliphatic rings. The lowest BCUT2D eigenvalue weighted by atomic mass is 9.82. The molecule has 18 heavy (non-hydrogen) atoms. The van der Waals surface area contributed by atoms with Gasteiger partial charge in [-0.2, -0.15) is 0 Å². The normalized spacial score (nSPS) is 27.5. The smallest absolute Gasteiger partial charge is 0.234 e. The van der Waals surface area contributed by atoms with E-state index in [0.717, 1.165) is 18.5 Å². The summed E-state index contributed by atoms with van der Waals surface area (Å²) < 4.78 is 0. The third kappa shape index (κ3) is 2.40. The maximum atomic E-state index is 11.4. The lowest BCUT2D eigenvalue weighted by Crippen LogP contribution is -2.26. The van der Waals surface area contributed by atoms with Crippen LogP contribution in [0.3, 0.4) is 0 Å². The molecule has 0 saturated heterocycles. The first-order valence-corrected chi connectivity index (χ1v) is 7.53. The minimum absolute atomic E-state index is 0.107. The second-order valence-electron chi connectivity index (χ2n) is 5.20. The van der Waals surface area contributed by atoms with Gasteiger partial charge in [0.15, 0.2) is 0 Å². The van der Waals surface area contributed by atoms with Crippen LogP contribution in [-0.2, 0) is 4.79 Å². The van der Waals surface area contributed by atoms with Gasteiger partial charge < -0.3 is 11.1 Å². The average molecular weight is 262 g/mol. The molecular weight excluding hydrogens is 244 g/mol. The molecule has 0 atom stereocenters. The Morgan fingerprint density at radius 3 is 2.78 bits per heavy atom.